The summed E-state index contributed by atoms with van der Waals surface area (Å²) in [4.78, 5) is 16.4. The van der Waals surface area contributed by atoms with Gasteiger partial charge in [-0.3, -0.25) is 9.20 Å². The van der Waals surface area contributed by atoms with Crippen molar-refractivity contribution in [2.24, 2.45) is 10.2 Å². The quantitative estimate of drug-likeness (QED) is 0.551. The molecule has 2 heterocycles. The monoisotopic (exact) mass is 352 g/mol. The fourth-order valence-electron chi connectivity index (χ4n) is 2.63. The number of aromatic nitrogens is 2. The first kappa shape index (κ1) is 17.6. The van der Waals surface area contributed by atoms with Crippen LogP contribution in [0.4, 0.5) is 11.5 Å². The van der Waals surface area contributed by atoms with E-state index in [1.165, 1.54) is 0 Å². The van der Waals surface area contributed by atoms with Gasteiger partial charge in [-0.1, -0.05) is 12.1 Å². The summed E-state index contributed by atoms with van der Waals surface area (Å²) < 4.78 is 6.80. The van der Waals surface area contributed by atoms with Gasteiger partial charge in [0.15, 0.2) is 5.82 Å². The minimum atomic E-state index is -0.372. The van der Waals surface area contributed by atoms with Crippen LogP contribution in [0.5, 0.6) is 5.75 Å². The van der Waals surface area contributed by atoms with Gasteiger partial charge in [-0.25, -0.2) is 4.98 Å². The van der Waals surface area contributed by atoms with Gasteiger partial charge in [-0.15, -0.1) is 10.2 Å². The number of phenolic OH excluding ortho intramolecular Hbond substituents is 1. The van der Waals surface area contributed by atoms with Crippen molar-refractivity contribution < 1.29 is 14.6 Å². The van der Waals surface area contributed by atoms with Gasteiger partial charge in [0.05, 0.1) is 18.7 Å². The van der Waals surface area contributed by atoms with E-state index >= 15 is 0 Å². The number of carbonyl (C=O) groups is 1. The number of ether oxygens (including phenoxy) is 1. The fourth-order valence-corrected chi connectivity index (χ4v) is 2.63. The van der Waals surface area contributed by atoms with Gasteiger partial charge in [0.1, 0.15) is 17.1 Å². The van der Waals surface area contributed by atoms with E-state index < -0.39 is 0 Å². The highest BCUT2D eigenvalue weighted by Gasteiger charge is 2.17. The van der Waals surface area contributed by atoms with Gasteiger partial charge < -0.3 is 9.84 Å². The summed E-state index contributed by atoms with van der Waals surface area (Å²) in [7, 11) is 0. The van der Waals surface area contributed by atoms with Crippen LogP contribution in [-0.4, -0.2) is 27.1 Å². The molecule has 3 rings (SSSR count). The molecule has 0 spiro atoms. The lowest BCUT2D eigenvalue weighted by molar-refractivity contribution is -0.142. The van der Waals surface area contributed by atoms with E-state index in [1.54, 1.807) is 29.5 Å². The van der Waals surface area contributed by atoms with E-state index in [1.807, 2.05) is 32.2 Å². The number of aromatic hydroxyl groups is 1. The first-order valence-electron chi connectivity index (χ1n) is 8.33. The molecule has 7 heteroatoms. The van der Waals surface area contributed by atoms with Crippen molar-refractivity contribution in [3.05, 3.63) is 53.3 Å². The largest absolute Gasteiger partial charge is 0.506 e. The van der Waals surface area contributed by atoms with E-state index in [2.05, 4.69) is 15.2 Å². The Hall–Kier alpha value is -3.22. The van der Waals surface area contributed by atoms with Crippen molar-refractivity contribution in [2.75, 3.05) is 6.61 Å². The number of azo groups is 1. The maximum Gasteiger partial charge on any atom is 0.312 e. The lowest BCUT2D eigenvalue weighted by Crippen LogP contribution is -2.07. The number of aryl methyl sites for hydroxylation is 2. The highest BCUT2D eigenvalue weighted by atomic mass is 16.5. The molecule has 3 aromatic rings. The molecule has 2 aromatic heterocycles. The minimum Gasteiger partial charge on any atom is -0.506 e. The summed E-state index contributed by atoms with van der Waals surface area (Å²) in [6, 6.07) is 8.91. The van der Waals surface area contributed by atoms with E-state index in [-0.39, 0.29) is 18.1 Å². The lowest BCUT2D eigenvalue weighted by atomic mass is 10.2. The SMILES string of the molecule is CCOC(=O)Cc1nc2c(C)cccn2c1N=Nc1cc(C)ccc1O. The molecule has 1 N–H and O–H groups in total. The molecule has 0 aliphatic rings. The maximum atomic E-state index is 11.9. The topological polar surface area (TPSA) is 88.5 Å². The first-order valence-corrected chi connectivity index (χ1v) is 8.33. The van der Waals surface area contributed by atoms with Gasteiger partial charge in [-0.05, 0) is 50.1 Å². The molecule has 0 atom stereocenters. The number of hydrogen-bond donors (Lipinski definition) is 1. The Morgan fingerprint density at radius 3 is 2.85 bits per heavy atom. The Kier molecular flexibility index (Phi) is 4.97. The number of carbonyl (C=O) groups excluding carboxylic acids is 1. The zero-order chi connectivity index (χ0) is 18.7. The van der Waals surface area contributed by atoms with E-state index in [4.69, 9.17) is 4.74 Å². The molecule has 134 valence electrons. The van der Waals surface area contributed by atoms with Crippen molar-refractivity contribution in [1.29, 1.82) is 0 Å². The normalized spacial score (nSPS) is 11.3. The molecule has 0 unspecified atom stereocenters. The molecule has 0 saturated carbocycles. The highest BCUT2D eigenvalue weighted by Crippen LogP contribution is 2.31. The number of rotatable bonds is 5. The summed E-state index contributed by atoms with van der Waals surface area (Å²) in [5.74, 6) is 0.109. The Morgan fingerprint density at radius 1 is 1.27 bits per heavy atom. The molecule has 0 radical (unpaired) electrons. The fraction of sp³-hybridized carbons (Fsp3) is 0.263. The number of phenols is 1. The van der Waals surface area contributed by atoms with Crippen molar-refractivity contribution in [3.63, 3.8) is 0 Å². The zero-order valence-electron chi connectivity index (χ0n) is 14.9. The third kappa shape index (κ3) is 3.56. The average Bonchev–Trinajstić information content (AvgIpc) is 2.94. The maximum absolute atomic E-state index is 11.9. The molecule has 26 heavy (non-hydrogen) atoms. The summed E-state index contributed by atoms with van der Waals surface area (Å²) in [6.07, 6.45) is 1.82. The molecular weight excluding hydrogens is 332 g/mol. The van der Waals surface area contributed by atoms with Gasteiger partial charge in [-0.2, -0.15) is 0 Å². The van der Waals surface area contributed by atoms with Gasteiger partial charge in [0.25, 0.3) is 0 Å². The lowest BCUT2D eigenvalue weighted by Gasteiger charge is -2.02. The number of esters is 1. The minimum absolute atomic E-state index is 0.00309. The van der Waals surface area contributed by atoms with Crippen LogP contribution in [0.1, 0.15) is 23.7 Å². The van der Waals surface area contributed by atoms with Crippen molar-refractivity contribution >= 4 is 23.1 Å². The van der Waals surface area contributed by atoms with Gasteiger partial charge in [0, 0.05) is 6.20 Å². The second-order valence-electron chi connectivity index (χ2n) is 5.94. The second kappa shape index (κ2) is 7.35. The molecule has 1 aromatic carbocycles. The smallest absolute Gasteiger partial charge is 0.312 e. The molecule has 7 nitrogen and oxygen atoms in total. The predicted octanol–water partition coefficient (Wildman–Crippen LogP) is 4.18. The van der Waals surface area contributed by atoms with E-state index in [0.717, 1.165) is 11.1 Å². The number of hydrogen-bond acceptors (Lipinski definition) is 6. The summed E-state index contributed by atoms with van der Waals surface area (Å²) in [6.45, 7) is 5.90. The molecule has 0 bridgehead atoms. The Balaban J connectivity index is 2.07. The standard InChI is InChI=1S/C19H20N4O3/c1-4-26-17(25)11-15-19(23-9-5-6-13(3)18(23)20-15)22-21-14-10-12(2)7-8-16(14)24/h5-10,24H,4,11H2,1-3H3. The van der Waals surface area contributed by atoms with Crippen LogP contribution >= 0.6 is 0 Å². The van der Waals surface area contributed by atoms with Crippen LogP contribution in [0.3, 0.4) is 0 Å². The number of imidazole rings is 1. The summed E-state index contributed by atoms with van der Waals surface area (Å²) >= 11 is 0. The number of nitrogens with zero attached hydrogens (tertiary/aromatic N) is 4. The number of benzene rings is 1. The van der Waals surface area contributed by atoms with Crippen LogP contribution in [0, 0.1) is 13.8 Å². The number of fused-ring (bicyclic) bond motifs is 1. The molecule has 0 aliphatic carbocycles. The van der Waals surface area contributed by atoms with Crippen LogP contribution in [0.25, 0.3) is 5.65 Å². The highest BCUT2D eigenvalue weighted by molar-refractivity contribution is 5.74. The van der Waals surface area contributed by atoms with Crippen molar-refractivity contribution in [1.82, 2.24) is 9.38 Å². The average molecular weight is 352 g/mol. The predicted molar refractivity (Wildman–Crippen MR) is 97.3 cm³/mol. The van der Waals surface area contributed by atoms with Crippen molar-refractivity contribution in [2.45, 2.75) is 27.2 Å². The van der Waals surface area contributed by atoms with E-state index in [9.17, 15) is 9.90 Å². The second-order valence-corrected chi connectivity index (χ2v) is 5.94. The molecular formula is C19H20N4O3. The van der Waals surface area contributed by atoms with E-state index in [0.29, 0.717) is 29.5 Å². The molecule has 0 amide bonds. The third-order valence-electron chi connectivity index (χ3n) is 3.89. The molecule has 0 fully saturated rings. The molecule has 0 saturated heterocycles. The van der Waals surface area contributed by atoms with Gasteiger partial charge in [0.2, 0.25) is 0 Å². The third-order valence-corrected chi connectivity index (χ3v) is 3.89. The summed E-state index contributed by atoms with van der Waals surface area (Å²) in [5.41, 5.74) is 3.45. The molecule has 0 aliphatic heterocycles. The Morgan fingerprint density at radius 2 is 2.08 bits per heavy atom. The van der Waals surface area contributed by atoms with Gasteiger partial charge >= 0.3 is 5.97 Å². The van der Waals surface area contributed by atoms with Crippen molar-refractivity contribution in [3.8, 4) is 5.75 Å². The number of pyridine rings is 1. The first-order chi connectivity index (χ1) is 12.5. The van der Waals surface area contributed by atoms with Crippen LogP contribution in [0.2, 0.25) is 0 Å². The van der Waals surface area contributed by atoms with Crippen LogP contribution in [-0.2, 0) is 16.0 Å². The zero-order valence-corrected chi connectivity index (χ0v) is 14.9. The van der Waals surface area contributed by atoms with Crippen LogP contribution < -0.4 is 0 Å². The Bertz CT molecular complexity index is 992. The Labute approximate surface area is 151 Å². The van der Waals surface area contributed by atoms with Crippen LogP contribution in [0.15, 0.2) is 46.8 Å². The summed E-state index contributed by atoms with van der Waals surface area (Å²) in [5, 5.41) is 18.4.